The van der Waals surface area contributed by atoms with Crippen LogP contribution in [0.5, 0.6) is 5.75 Å². The Labute approximate surface area is 159 Å². The minimum absolute atomic E-state index is 0.00839. The standard InChI is InChI=1S/C21H24N4O2/c1-23-20-13-18(22)19(14-21(20)25-15-5-3-2-4-6-15)24-16-7-9-17(10-8-16)27-12-11-26/h2-10,13-14,23-26H,11-12,22H2,1H3. The molecule has 0 atom stereocenters. The molecule has 0 aliphatic heterocycles. The van der Waals surface area contributed by atoms with Crippen molar-refractivity contribution >= 4 is 34.1 Å². The van der Waals surface area contributed by atoms with E-state index in [-0.39, 0.29) is 13.2 Å². The molecular formula is C21H24N4O2. The molecule has 0 saturated carbocycles. The molecule has 140 valence electrons. The molecular weight excluding hydrogens is 340 g/mol. The first-order valence-corrected chi connectivity index (χ1v) is 8.73. The molecule has 0 fully saturated rings. The lowest BCUT2D eigenvalue weighted by atomic mass is 10.1. The predicted molar refractivity (Wildman–Crippen MR) is 112 cm³/mol. The summed E-state index contributed by atoms with van der Waals surface area (Å²) in [6, 6.07) is 21.3. The molecule has 3 aromatic carbocycles. The summed E-state index contributed by atoms with van der Waals surface area (Å²) in [6.45, 7) is 0.269. The van der Waals surface area contributed by atoms with Crippen molar-refractivity contribution in [3.63, 3.8) is 0 Å². The van der Waals surface area contributed by atoms with Gasteiger partial charge in [-0.3, -0.25) is 0 Å². The van der Waals surface area contributed by atoms with Gasteiger partial charge in [-0.2, -0.15) is 0 Å². The molecule has 0 aliphatic carbocycles. The number of aliphatic hydroxyl groups is 1. The van der Waals surface area contributed by atoms with E-state index in [9.17, 15) is 0 Å². The van der Waals surface area contributed by atoms with Crippen molar-refractivity contribution in [2.75, 3.05) is 41.9 Å². The highest BCUT2D eigenvalue weighted by atomic mass is 16.5. The van der Waals surface area contributed by atoms with Crippen molar-refractivity contribution in [3.05, 3.63) is 66.7 Å². The molecule has 6 heteroatoms. The Morgan fingerprint density at radius 2 is 1.52 bits per heavy atom. The number of nitrogens with two attached hydrogens (primary N) is 1. The number of para-hydroxylation sites is 1. The number of nitrogens with one attached hydrogen (secondary N) is 3. The molecule has 6 N–H and O–H groups in total. The van der Waals surface area contributed by atoms with Gasteiger partial charge in [0.25, 0.3) is 0 Å². The van der Waals surface area contributed by atoms with E-state index in [0.29, 0.717) is 11.4 Å². The van der Waals surface area contributed by atoms with Crippen molar-refractivity contribution in [2.24, 2.45) is 0 Å². The van der Waals surface area contributed by atoms with Gasteiger partial charge in [0, 0.05) is 18.4 Å². The van der Waals surface area contributed by atoms with Crippen molar-refractivity contribution in [1.29, 1.82) is 0 Å². The number of hydrogen-bond donors (Lipinski definition) is 5. The predicted octanol–water partition coefficient (Wildman–Crippen LogP) is 4.17. The van der Waals surface area contributed by atoms with Crippen molar-refractivity contribution < 1.29 is 9.84 Å². The number of nitrogen functional groups attached to an aromatic ring is 1. The highest BCUT2D eigenvalue weighted by Crippen LogP contribution is 2.35. The van der Waals surface area contributed by atoms with E-state index in [2.05, 4.69) is 16.0 Å². The van der Waals surface area contributed by atoms with Gasteiger partial charge >= 0.3 is 0 Å². The van der Waals surface area contributed by atoms with Crippen LogP contribution in [-0.4, -0.2) is 25.4 Å². The summed E-state index contributed by atoms with van der Waals surface area (Å²) >= 11 is 0. The smallest absolute Gasteiger partial charge is 0.119 e. The number of anilines is 6. The van der Waals surface area contributed by atoms with E-state index in [1.54, 1.807) is 0 Å². The van der Waals surface area contributed by atoms with E-state index in [4.69, 9.17) is 15.6 Å². The molecule has 3 aromatic rings. The molecule has 27 heavy (non-hydrogen) atoms. The maximum atomic E-state index is 8.82. The number of hydrogen-bond acceptors (Lipinski definition) is 6. The molecule has 3 rings (SSSR count). The third-order valence-electron chi connectivity index (χ3n) is 4.01. The zero-order valence-electron chi connectivity index (χ0n) is 15.2. The van der Waals surface area contributed by atoms with Gasteiger partial charge in [0.05, 0.1) is 29.4 Å². The first-order valence-electron chi connectivity index (χ1n) is 8.73. The Balaban J connectivity index is 1.81. The van der Waals surface area contributed by atoms with Crippen LogP contribution in [0.4, 0.5) is 34.1 Å². The Morgan fingerprint density at radius 3 is 2.19 bits per heavy atom. The summed E-state index contributed by atoms with van der Waals surface area (Å²) in [7, 11) is 1.86. The largest absolute Gasteiger partial charge is 0.491 e. The van der Waals surface area contributed by atoms with E-state index < -0.39 is 0 Å². The van der Waals surface area contributed by atoms with Crippen LogP contribution < -0.4 is 26.4 Å². The molecule has 6 nitrogen and oxygen atoms in total. The molecule has 0 heterocycles. The maximum absolute atomic E-state index is 8.82. The van der Waals surface area contributed by atoms with Crippen LogP contribution in [0.2, 0.25) is 0 Å². The normalized spacial score (nSPS) is 10.3. The van der Waals surface area contributed by atoms with Gasteiger partial charge in [-0.05, 0) is 48.5 Å². The summed E-state index contributed by atoms with van der Waals surface area (Å²) in [4.78, 5) is 0. The van der Waals surface area contributed by atoms with Gasteiger partial charge < -0.3 is 31.5 Å². The van der Waals surface area contributed by atoms with Crippen molar-refractivity contribution in [3.8, 4) is 5.75 Å². The summed E-state index contributed by atoms with van der Waals surface area (Å²) in [5.74, 6) is 0.708. The third kappa shape index (κ3) is 4.83. The number of ether oxygens (including phenoxy) is 1. The molecule has 0 aliphatic rings. The first kappa shape index (κ1) is 18.4. The Kier molecular flexibility index (Phi) is 6.02. The summed E-state index contributed by atoms with van der Waals surface area (Å²) in [6.07, 6.45) is 0. The summed E-state index contributed by atoms with van der Waals surface area (Å²) < 4.78 is 5.38. The van der Waals surface area contributed by atoms with E-state index >= 15 is 0 Å². The first-order chi connectivity index (χ1) is 13.2. The van der Waals surface area contributed by atoms with Gasteiger partial charge in [-0.25, -0.2) is 0 Å². The molecule has 0 saturated heterocycles. The van der Waals surface area contributed by atoms with Gasteiger partial charge in [0.2, 0.25) is 0 Å². The number of aliphatic hydroxyl groups excluding tert-OH is 1. The van der Waals surface area contributed by atoms with Gasteiger partial charge in [-0.1, -0.05) is 18.2 Å². The average molecular weight is 364 g/mol. The fourth-order valence-electron chi connectivity index (χ4n) is 2.67. The highest BCUT2D eigenvalue weighted by molar-refractivity contribution is 5.86. The quantitative estimate of drug-likeness (QED) is 0.385. The van der Waals surface area contributed by atoms with Gasteiger partial charge in [0.15, 0.2) is 0 Å². The average Bonchev–Trinajstić information content (AvgIpc) is 2.70. The number of rotatable bonds is 8. The second-order valence-corrected chi connectivity index (χ2v) is 5.95. The monoisotopic (exact) mass is 364 g/mol. The molecule has 0 unspecified atom stereocenters. The SMILES string of the molecule is CNc1cc(N)c(Nc2ccc(OCCO)cc2)cc1Nc1ccccc1. The van der Waals surface area contributed by atoms with E-state index in [1.165, 1.54) is 0 Å². The summed E-state index contributed by atoms with van der Waals surface area (Å²) in [5, 5.41) is 18.7. The Hall–Kier alpha value is -3.38. The Morgan fingerprint density at radius 1 is 0.852 bits per heavy atom. The van der Waals surface area contributed by atoms with E-state index in [0.717, 1.165) is 28.4 Å². The lowest BCUT2D eigenvalue weighted by molar-refractivity contribution is 0.201. The third-order valence-corrected chi connectivity index (χ3v) is 4.01. The minimum Gasteiger partial charge on any atom is -0.491 e. The molecule has 0 aromatic heterocycles. The second-order valence-electron chi connectivity index (χ2n) is 5.95. The van der Waals surface area contributed by atoms with Gasteiger partial charge in [-0.15, -0.1) is 0 Å². The second kappa shape index (κ2) is 8.82. The van der Waals surface area contributed by atoms with Crippen molar-refractivity contribution in [1.82, 2.24) is 0 Å². The molecule has 0 spiro atoms. The fraction of sp³-hybridized carbons (Fsp3) is 0.143. The van der Waals surface area contributed by atoms with E-state index in [1.807, 2.05) is 73.8 Å². The van der Waals surface area contributed by atoms with Crippen LogP contribution in [0.25, 0.3) is 0 Å². The maximum Gasteiger partial charge on any atom is 0.119 e. The van der Waals surface area contributed by atoms with Crippen LogP contribution in [0, 0.1) is 0 Å². The summed E-state index contributed by atoms with van der Waals surface area (Å²) in [5.41, 5.74) is 11.4. The van der Waals surface area contributed by atoms with Crippen LogP contribution in [0.15, 0.2) is 66.7 Å². The highest BCUT2D eigenvalue weighted by Gasteiger charge is 2.08. The van der Waals surface area contributed by atoms with Crippen LogP contribution >= 0.6 is 0 Å². The zero-order valence-corrected chi connectivity index (χ0v) is 15.2. The lowest BCUT2D eigenvalue weighted by Gasteiger charge is -2.17. The van der Waals surface area contributed by atoms with Crippen molar-refractivity contribution in [2.45, 2.75) is 0 Å². The molecule has 0 bridgehead atoms. The topological polar surface area (TPSA) is 91.6 Å². The van der Waals surface area contributed by atoms with Crippen LogP contribution in [0.1, 0.15) is 0 Å². The van der Waals surface area contributed by atoms with Crippen LogP contribution in [-0.2, 0) is 0 Å². The van der Waals surface area contributed by atoms with Crippen LogP contribution in [0.3, 0.4) is 0 Å². The van der Waals surface area contributed by atoms with Gasteiger partial charge in [0.1, 0.15) is 12.4 Å². The Bertz CT molecular complexity index is 867. The lowest BCUT2D eigenvalue weighted by Crippen LogP contribution is -2.03. The zero-order chi connectivity index (χ0) is 19.1. The number of benzene rings is 3. The fourth-order valence-corrected chi connectivity index (χ4v) is 2.67. The molecule has 0 radical (unpaired) electrons. The minimum atomic E-state index is -0.00839. The molecule has 0 amide bonds.